The fourth-order valence-corrected chi connectivity index (χ4v) is 8.57. The van der Waals surface area contributed by atoms with Crippen LogP contribution in [0.3, 0.4) is 0 Å². The molecule has 0 aromatic carbocycles. The van der Waals surface area contributed by atoms with Gasteiger partial charge in [-0.2, -0.15) is 0 Å². The van der Waals surface area contributed by atoms with Gasteiger partial charge in [-0.25, -0.2) is 0 Å². The Balaban J connectivity index is 1.44. The van der Waals surface area contributed by atoms with Crippen molar-refractivity contribution in [3.63, 3.8) is 0 Å². The minimum absolute atomic E-state index is 0.00115. The smallest absolute Gasteiger partial charge is 0.323 e. The van der Waals surface area contributed by atoms with Gasteiger partial charge in [0.1, 0.15) is 12.6 Å². The molecular weight excluding hydrogens is 402 g/mol. The molecule has 4 rings (SSSR count). The van der Waals surface area contributed by atoms with E-state index in [4.69, 9.17) is 10.5 Å². The number of rotatable bonds is 5. The monoisotopic (exact) mass is 447 g/mol. The van der Waals surface area contributed by atoms with Gasteiger partial charge < -0.3 is 15.6 Å². The second kappa shape index (κ2) is 8.37. The average Bonchev–Trinajstić information content (AvgIpc) is 3.08. The summed E-state index contributed by atoms with van der Waals surface area (Å²) < 4.78 is 5.34. The Kier molecular flexibility index (Phi) is 6.33. The Bertz CT molecular complexity index is 748. The lowest BCUT2D eigenvalue weighted by Crippen LogP contribution is -2.55. The Morgan fingerprint density at radius 2 is 1.66 bits per heavy atom. The second-order valence-corrected chi connectivity index (χ2v) is 12.9. The first-order valence-electron chi connectivity index (χ1n) is 13.1. The van der Waals surface area contributed by atoms with Gasteiger partial charge in [0.05, 0.1) is 5.60 Å². The molecule has 0 aliphatic heterocycles. The molecule has 0 radical (unpaired) electrons. The van der Waals surface area contributed by atoms with Gasteiger partial charge in [0.15, 0.2) is 5.78 Å². The Hall–Kier alpha value is -0.940. The third-order valence-electron chi connectivity index (χ3n) is 10.7. The summed E-state index contributed by atoms with van der Waals surface area (Å²) in [5, 5.41) is 10.7. The summed E-state index contributed by atoms with van der Waals surface area (Å²) in [5.41, 5.74) is 5.74. The predicted molar refractivity (Wildman–Crippen MR) is 125 cm³/mol. The molecule has 2 unspecified atom stereocenters. The number of esters is 1. The first-order valence-corrected chi connectivity index (χ1v) is 13.1. The zero-order chi connectivity index (χ0) is 23.5. The standard InChI is InChI=1S/C27H45NO4/c1-16(2)23(28)24(30)32-15-22(29)21-9-8-19-18-7-6-17-14-25(3,31)12-13-26(17,4)20(18)10-11-27(19,21)5/h16-21,23,31H,6-15,28H2,1-5H3/t17?,18-,19-,20?,21+,23-,25+,26-,27-/m0/s1. The van der Waals surface area contributed by atoms with E-state index in [9.17, 15) is 14.7 Å². The number of hydrogen-bond acceptors (Lipinski definition) is 5. The Morgan fingerprint density at radius 3 is 2.34 bits per heavy atom. The van der Waals surface area contributed by atoms with Crippen molar-refractivity contribution < 1.29 is 19.4 Å². The average molecular weight is 448 g/mol. The first kappa shape index (κ1) is 24.2. The van der Waals surface area contributed by atoms with Crippen LogP contribution in [-0.2, 0) is 14.3 Å². The van der Waals surface area contributed by atoms with Crippen LogP contribution in [0.4, 0.5) is 0 Å². The fourth-order valence-electron chi connectivity index (χ4n) is 8.57. The molecule has 0 bridgehead atoms. The zero-order valence-electron chi connectivity index (χ0n) is 20.9. The van der Waals surface area contributed by atoms with Gasteiger partial charge in [0.25, 0.3) is 0 Å². The number of ketones is 1. The minimum Gasteiger partial charge on any atom is -0.457 e. The maximum Gasteiger partial charge on any atom is 0.323 e. The van der Waals surface area contributed by atoms with Crippen LogP contribution in [-0.4, -0.2) is 35.1 Å². The highest BCUT2D eigenvalue weighted by molar-refractivity contribution is 5.86. The number of Topliss-reactive ketones (excluding diaryl/α,β-unsaturated/α-hetero) is 1. The van der Waals surface area contributed by atoms with Crippen molar-refractivity contribution in [2.24, 2.45) is 52.1 Å². The Labute approximate surface area is 194 Å². The SMILES string of the molecule is CC(C)[C@H](N)C(=O)OCC(=O)[C@H]1CC[C@H]2[C@@H]3CCC4C[C@](C)(O)CC[C@]4(C)C3CC[C@]12C. The summed E-state index contributed by atoms with van der Waals surface area (Å²) in [4.78, 5) is 25.3. The molecule has 0 spiro atoms. The highest BCUT2D eigenvalue weighted by atomic mass is 16.5. The van der Waals surface area contributed by atoms with Gasteiger partial charge in [-0.1, -0.05) is 27.7 Å². The van der Waals surface area contributed by atoms with Crippen molar-refractivity contribution in [3.05, 3.63) is 0 Å². The van der Waals surface area contributed by atoms with E-state index in [1.165, 1.54) is 19.3 Å². The molecule has 9 atom stereocenters. The molecule has 4 fully saturated rings. The number of hydrogen-bond donors (Lipinski definition) is 2. The van der Waals surface area contributed by atoms with Crippen LogP contribution in [0.2, 0.25) is 0 Å². The molecule has 0 heterocycles. The molecule has 5 nitrogen and oxygen atoms in total. The number of aliphatic hydroxyl groups is 1. The lowest BCUT2D eigenvalue weighted by atomic mass is 9.44. The van der Waals surface area contributed by atoms with Gasteiger partial charge in [-0.15, -0.1) is 0 Å². The van der Waals surface area contributed by atoms with Gasteiger partial charge in [-0.05, 0) is 105 Å². The highest BCUT2D eigenvalue weighted by Gasteiger charge is 2.61. The number of carbonyl (C=O) groups excluding carboxylic acids is 2. The van der Waals surface area contributed by atoms with E-state index in [1.807, 2.05) is 20.8 Å². The molecule has 3 N–H and O–H groups in total. The maximum atomic E-state index is 13.2. The molecule has 32 heavy (non-hydrogen) atoms. The lowest BCUT2D eigenvalue weighted by molar-refractivity contribution is -0.157. The molecule has 5 heteroatoms. The molecule has 182 valence electrons. The van der Waals surface area contributed by atoms with Gasteiger partial charge in [0.2, 0.25) is 0 Å². The normalized spacial score (nSPS) is 46.7. The lowest BCUT2D eigenvalue weighted by Gasteiger charge is -2.61. The highest BCUT2D eigenvalue weighted by Crippen LogP contribution is 2.68. The zero-order valence-corrected chi connectivity index (χ0v) is 20.9. The third-order valence-corrected chi connectivity index (χ3v) is 10.7. The number of ether oxygens (including phenoxy) is 1. The van der Waals surface area contributed by atoms with Gasteiger partial charge in [0, 0.05) is 5.92 Å². The van der Waals surface area contributed by atoms with E-state index < -0.39 is 17.6 Å². The minimum atomic E-state index is -0.669. The van der Waals surface area contributed by atoms with E-state index in [0.717, 1.165) is 38.5 Å². The van der Waals surface area contributed by atoms with Crippen LogP contribution in [0.1, 0.15) is 92.4 Å². The molecule has 0 saturated heterocycles. The van der Waals surface area contributed by atoms with Crippen LogP contribution in [0.15, 0.2) is 0 Å². The van der Waals surface area contributed by atoms with Crippen LogP contribution < -0.4 is 5.73 Å². The summed E-state index contributed by atoms with van der Waals surface area (Å²) in [6.45, 7) is 10.5. The van der Waals surface area contributed by atoms with Crippen LogP contribution in [0.5, 0.6) is 0 Å². The molecule has 0 amide bonds. The Morgan fingerprint density at radius 1 is 0.969 bits per heavy atom. The van der Waals surface area contributed by atoms with Crippen LogP contribution >= 0.6 is 0 Å². The third kappa shape index (κ3) is 3.96. The fraction of sp³-hybridized carbons (Fsp3) is 0.926. The largest absolute Gasteiger partial charge is 0.457 e. The van der Waals surface area contributed by atoms with E-state index in [1.54, 1.807) is 0 Å². The number of nitrogens with two attached hydrogens (primary N) is 1. The van der Waals surface area contributed by atoms with Crippen molar-refractivity contribution in [1.82, 2.24) is 0 Å². The van der Waals surface area contributed by atoms with Crippen molar-refractivity contribution >= 4 is 11.8 Å². The van der Waals surface area contributed by atoms with Crippen molar-refractivity contribution in [3.8, 4) is 0 Å². The van der Waals surface area contributed by atoms with Crippen LogP contribution in [0, 0.1) is 46.3 Å². The summed E-state index contributed by atoms with van der Waals surface area (Å²) >= 11 is 0. The molecule has 0 aromatic heterocycles. The van der Waals surface area contributed by atoms with Gasteiger partial charge in [-0.3, -0.25) is 9.59 Å². The summed E-state index contributed by atoms with van der Waals surface area (Å²) in [6.07, 6.45) is 9.75. The molecule has 0 aromatic rings. The molecule has 4 aliphatic rings. The van der Waals surface area contributed by atoms with Crippen molar-refractivity contribution in [2.75, 3.05) is 6.61 Å². The van der Waals surface area contributed by atoms with Crippen molar-refractivity contribution in [1.29, 1.82) is 0 Å². The maximum absolute atomic E-state index is 13.2. The van der Waals surface area contributed by atoms with Crippen LogP contribution in [0.25, 0.3) is 0 Å². The summed E-state index contributed by atoms with van der Waals surface area (Å²) in [5.74, 6) is 2.24. The molecule has 4 aliphatic carbocycles. The second-order valence-electron chi connectivity index (χ2n) is 12.9. The van der Waals surface area contributed by atoms with Gasteiger partial charge >= 0.3 is 5.97 Å². The molecule has 4 saturated carbocycles. The topological polar surface area (TPSA) is 89.6 Å². The van der Waals surface area contributed by atoms with E-state index >= 15 is 0 Å². The number of fused-ring (bicyclic) bond motifs is 5. The molecular formula is C27H45NO4. The van der Waals surface area contributed by atoms with E-state index in [-0.39, 0.29) is 29.6 Å². The first-order chi connectivity index (χ1) is 14.9. The summed E-state index contributed by atoms with van der Waals surface area (Å²) in [6, 6.07) is -0.669. The van der Waals surface area contributed by atoms with Crippen molar-refractivity contribution in [2.45, 2.75) is 104 Å². The predicted octanol–water partition coefficient (Wildman–Crippen LogP) is 4.49. The summed E-state index contributed by atoms with van der Waals surface area (Å²) in [7, 11) is 0. The number of carbonyl (C=O) groups is 2. The van der Waals surface area contributed by atoms with E-state index in [2.05, 4.69) is 13.8 Å². The van der Waals surface area contributed by atoms with E-state index in [0.29, 0.717) is 29.1 Å². The quantitative estimate of drug-likeness (QED) is 0.606.